The molecule has 104 valence electrons. The van der Waals surface area contributed by atoms with Gasteiger partial charge in [-0.05, 0) is 36.4 Å². The lowest BCUT2D eigenvalue weighted by atomic mass is 10.2. The maximum atomic E-state index is 12.2. The number of thiocarbonyl (C=S) groups is 1. The van der Waals surface area contributed by atoms with E-state index in [-0.39, 0.29) is 14.9 Å². The van der Waals surface area contributed by atoms with Crippen LogP contribution in [0.25, 0.3) is 0 Å². The number of anilines is 1. The van der Waals surface area contributed by atoms with Gasteiger partial charge in [-0.25, -0.2) is 8.42 Å². The second-order valence-electron chi connectivity index (χ2n) is 3.98. The maximum Gasteiger partial charge on any atom is 0.263 e. The lowest BCUT2D eigenvalue weighted by molar-refractivity contribution is 0.601. The number of rotatable bonds is 4. The Labute approximate surface area is 127 Å². The Hall–Kier alpha value is -1.63. The first kappa shape index (κ1) is 14.8. The van der Waals surface area contributed by atoms with Crippen LogP contribution in [0.1, 0.15) is 5.56 Å². The standard InChI is InChI=1S/C13H11ClN2O2S2/c14-11-3-1-2-4-12(11)20(17,18)16-10-7-5-9(6-8-10)13(15)19/h1-8,16H,(H2,15,19). The molecule has 0 atom stereocenters. The number of halogens is 1. The minimum absolute atomic E-state index is 0.0279. The molecule has 0 amide bonds. The van der Waals surface area contributed by atoms with Crippen LogP contribution in [0.3, 0.4) is 0 Å². The molecular formula is C13H11ClN2O2S2. The van der Waals surface area contributed by atoms with Crippen molar-refractivity contribution in [3.63, 3.8) is 0 Å². The van der Waals surface area contributed by atoms with Crippen molar-refractivity contribution in [2.45, 2.75) is 4.90 Å². The van der Waals surface area contributed by atoms with E-state index in [2.05, 4.69) is 4.72 Å². The van der Waals surface area contributed by atoms with E-state index in [1.54, 1.807) is 36.4 Å². The van der Waals surface area contributed by atoms with Crippen molar-refractivity contribution in [3.8, 4) is 0 Å². The summed E-state index contributed by atoms with van der Waals surface area (Å²) in [7, 11) is -3.72. The van der Waals surface area contributed by atoms with Crippen LogP contribution in [0.15, 0.2) is 53.4 Å². The first-order chi connectivity index (χ1) is 9.40. The summed E-state index contributed by atoms with van der Waals surface area (Å²) in [6.45, 7) is 0. The molecule has 20 heavy (non-hydrogen) atoms. The number of nitrogens with two attached hydrogens (primary N) is 1. The number of sulfonamides is 1. The maximum absolute atomic E-state index is 12.2. The van der Waals surface area contributed by atoms with E-state index < -0.39 is 10.0 Å². The van der Waals surface area contributed by atoms with E-state index in [0.29, 0.717) is 11.3 Å². The molecule has 0 heterocycles. The second-order valence-corrected chi connectivity index (χ2v) is 6.48. The van der Waals surface area contributed by atoms with Gasteiger partial charge < -0.3 is 5.73 Å². The third kappa shape index (κ3) is 3.27. The molecule has 0 radical (unpaired) electrons. The van der Waals surface area contributed by atoms with E-state index >= 15 is 0 Å². The van der Waals surface area contributed by atoms with Crippen LogP contribution in [0, 0.1) is 0 Å². The molecule has 2 aromatic carbocycles. The van der Waals surface area contributed by atoms with Crippen LogP contribution in [0.4, 0.5) is 5.69 Å². The Balaban J connectivity index is 2.29. The Bertz CT molecular complexity index is 743. The van der Waals surface area contributed by atoms with Crippen molar-refractivity contribution in [2.75, 3.05) is 4.72 Å². The summed E-state index contributed by atoms with van der Waals surface area (Å²) < 4.78 is 26.8. The summed E-state index contributed by atoms with van der Waals surface area (Å²) in [4.78, 5) is 0.283. The highest BCUT2D eigenvalue weighted by Gasteiger charge is 2.17. The van der Waals surface area contributed by atoms with E-state index in [9.17, 15) is 8.42 Å². The van der Waals surface area contributed by atoms with Crippen LogP contribution in [0.2, 0.25) is 5.02 Å². The lowest BCUT2D eigenvalue weighted by Crippen LogP contribution is -2.14. The first-order valence-corrected chi connectivity index (χ1v) is 7.84. The van der Waals surface area contributed by atoms with Crippen molar-refractivity contribution in [3.05, 3.63) is 59.1 Å². The average Bonchev–Trinajstić information content (AvgIpc) is 2.39. The smallest absolute Gasteiger partial charge is 0.263 e. The normalized spacial score (nSPS) is 11.1. The fraction of sp³-hybridized carbons (Fsp3) is 0. The van der Waals surface area contributed by atoms with Gasteiger partial charge in [0.15, 0.2) is 0 Å². The summed E-state index contributed by atoms with van der Waals surface area (Å²) in [6, 6.07) is 12.7. The number of hydrogen-bond donors (Lipinski definition) is 2. The lowest BCUT2D eigenvalue weighted by Gasteiger charge is -2.09. The molecule has 0 bridgehead atoms. The molecule has 0 saturated carbocycles. The van der Waals surface area contributed by atoms with Gasteiger partial charge in [0.2, 0.25) is 0 Å². The molecule has 0 saturated heterocycles. The van der Waals surface area contributed by atoms with Crippen LogP contribution in [0.5, 0.6) is 0 Å². The monoisotopic (exact) mass is 326 g/mol. The molecule has 0 aromatic heterocycles. The number of nitrogens with one attached hydrogen (secondary N) is 1. The fourth-order valence-electron chi connectivity index (χ4n) is 1.58. The van der Waals surface area contributed by atoms with Crippen LogP contribution < -0.4 is 10.5 Å². The molecule has 3 N–H and O–H groups in total. The zero-order valence-electron chi connectivity index (χ0n) is 10.2. The highest BCUT2D eigenvalue weighted by molar-refractivity contribution is 7.92. The molecule has 0 spiro atoms. The highest BCUT2D eigenvalue weighted by atomic mass is 35.5. The van der Waals surface area contributed by atoms with Gasteiger partial charge >= 0.3 is 0 Å². The Morgan fingerprint density at radius 3 is 2.25 bits per heavy atom. The summed E-state index contributed by atoms with van der Waals surface area (Å²) in [6.07, 6.45) is 0. The van der Waals surface area contributed by atoms with Crippen LogP contribution in [-0.4, -0.2) is 13.4 Å². The zero-order valence-corrected chi connectivity index (χ0v) is 12.6. The molecule has 0 aliphatic carbocycles. The highest BCUT2D eigenvalue weighted by Crippen LogP contribution is 2.23. The van der Waals surface area contributed by atoms with Crippen molar-refractivity contribution in [1.29, 1.82) is 0 Å². The largest absolute Gasteiger partial charge is 0.389 e. The van der Waals surface area contributed by atoms with Crippen LogP contribution in [-0.2, 0) is 10.0 Å². The Kier molecular flexibility index (Phi) is 4.27. The van der Waals surface area contributed by atoms with Gasteiger partial charge in [-0.3, -0.25) is 4.72 Å². The van der Waals surface area contributed by atoms with E-state index in [0.717, 1.165) is 0 Å². The molecular weight excluding hydrogens is 316 g/mol. The average molecular weight is 327 g/mol. The van der Waals surface area contributed by atoms with Gasteiger partial charge in [0.25, 0.3) is 10.0 Å². The molecule has 0 unspecified atom stereocenters. The predicted molar refractivity (Wildman–Crippen MR) is 84.6 cm³/mol. The second kappa shape index (κ2) is 5.78. The summed E-state index contributed by atoms with van der Waals surface area (Å²) in [5.41, 5.74) is 6.55. The quantitative estimate of drug-likeness (QED) is 0.847. The van der Waals surface area contributed by atoms with Crippen molar-refractivity contribution in [2.24, 2.45) is 5.73 Å². The minimum Gasteiger partial charge on any atom is -0.389 e. The van der Waals surface area contributed by atoms with Gasteiger partial charge in [-0.1, -0.05) is 36.0 Å². The topological polar surface area (TPSA) is 72.2 Å². The van der Waals surface area contributed by atoms with E-state index in [1.165, 1.54) is 12.1 Å². The molecule has 0 aliphatic heterocycles. The van der Waals surface area contributed by atoms with Gasteiger partial charge in [0.1, 0.15) is 9.88 Å². The fourth-order valence-corrected chi connectivity index (χ4v) is 3.29. The number of hydrogen-bond acceptors (Lipinski definition) is 3. The van der Waals surface area contributed by atoms with Gasteiger partial charge in [0.05, 0.1) is 5.02 Å². The zero-order chi connectivity index (χ0) is 14.8. The molecule has 7 heteroatoms. The summed E-state index contributed by atoms with van der Waals surface area (Å²) in [5.74, 6) is 0. The minimum atomic E-state index is -3.72. The van der Waals surface area contributed by atoms with E-state index in [1.807, 2.05) is 0 Å². The molecule has 4 nitrogen and oxygen atoms in total. The Morgan fingerprint density at radius 2 is 1.70 bits per heavy atom. The van der Waals surface area contributed by atoms with Gasteiger partial charge in [0, 0.05) is 11.3 Å². The van der Waals surface area contributed by atoms with Crippen molar-refractivity contribution >= 4 is 44.5 Å². The first-order valence-electron chi connectivity index (χ1n) is 5.57. The summed E-state index contributed by atoms with van der Waals surface area (Å²) >= 11 is 10.7. The third-order valence-corrected chi connectivity index (χ3v) is 4.66. The Morgan fingerprint density at radius 1 is 1.10 bits per heavy atom. The van der Waals surface area contributed by atoms with Gasteiger partial charge in [-0.15, -0.1) is 0 Å². The molecule has 0 fully saturated rings. The SMILES string of the molecule is NC(=S)c1ccc(NS(=O)(=O)c2ccccc2Cl)cc1. The van der Waals surface area contributed by atoms with E-state index in [4.69, 9.17) is 29.6 Å². The summed E-state index contributed by atoms with van der Waals surface area (Å²) in [5, 5.41) is 0.166. The predicted octanol–water partition coefficient (Wildman–Crippen LogP) is 2.78. The van der Waals surface area contributed by atoms with Crippen molar-refractivity contribution < 1.29 is 8.42 Å². The van der Waals surface area contributed by atoms with Crippen LogP contribution >= 0.6 is 23.8 Å². The molecule has 2 aromatic rings. The molecule has 2 rings (SSSR count). The third-order valence-electron chi connectivity index (χ3n) is 2.55. The van der Waals surface area contributed by atoms with Gasteiger partial charge in [-0.2, -0.15) is 0 Å². The molecule has 0 aliphatic rings. The number of benzene rings is 2. The van der Waals surface area contributed by atoms with Crippen molar-refractivity contribution in [1.82, 2.24) is 0 Å².